The summed E-state index contributed by atoms with van der Waals surface area (Å²) < 4.78 is 38.8. The van der Waals surface area contributed by atoms with E-state index in [-0.39, 0.29) is 18.3 Å². The van der Waals surface area contributed by atoms with Gasteiger partial charge in [0.25, 0.3) is 0 Å². The number of hydrogen-bond donors (Lipinski definition) is 3. The maximum atomic E-state index is 12.9. The van der Waals surface area contributed by atoms with Crippen LogP contribution in [0.25, 0.3) is 10.4 Å². The van der Waals surface area contributed by atoms with Crippen molar-refractivity contribution >= 4 is 28.9 Å². The fourth-order valence-corrected chi connectivity index (χ4v) is 5.10. The van der Waals surface area contributed by atoms with Gasteiger partial charge in [0.1, 0.15) is 16.3 Å². The molecule has 2 heterocycles. The van der Waals surface area contributed by atoms with Gasteiger partial charge < -0.3 is 15.5 Å². The number of carbonyl (C=O) groups is 1. The lowest BCUT2D eigenvalue weighted by atomic mass is 9.99. The molecule has 33 heavy (non-hydrogen) atoms. The molecule has 11 heteroatoms. The number of rotatable bonds is 6. The molecule has 2 aromatic heterocycles. The van der Waals surface area contributed by atoms with Gasteiger partial charge in [-0.1, -0.05) is 6.07 Å². The van der Waals surface area contributed by atoms with Crippen LogP contribution in [0.2, 0.25) is 0 Å². The summed E-state index contributed by atoms with van der Waals surface area (Å²) in [5, 5.41) is 23.4. The van der Waals surface area contributed by atoms with Gasteiger partial charge in [0.2, 0.25) is 5.95 Å². The molecule has 0 spiro atoms. The van der Waals surface area contributed by atoms with Gasteiger partial charge in [-0.3, -0.25) is 4.79 Å². The van der Waals surface area contributed by atoms with Crippen molar-refractivity contribution in [2.45, 2.75) is 44.4 Å². The first-order valence-electron chi connectivity index (χ1n) is 10.2. The Morgan fingerprint density at radius 1 is 1.30 bits per heavy atom. The zero-order valence-electron chi connectivity index (χ0n) is 17.6. The molecule has 0 aliphatic heterocycles. The quantitative estimate of drug-likeness (QED) is 0.451. The molecule has 0 amide bonds. The molecule has 174 valence electrons. The number of nitrogens with one attached hydrogen (secondary N) is 1. The van der Waals surface area contributed by atoms with E-state index in [1.807, 2.05) is 13.0 Å². The number of aromatic nitrogens is 3. The van der Waals surface area contributed by atoms with Crippen molar-refractivity contribution in [1.29, 1.82) is 0 Å². The Balaban J connectivity index is 1.56. The minimum atomic E-state index is -4.57. The van der Waals surface area contributed by atoms with Crippen molar-refractivity contribution < 1.29 is 28.2 Å². The molecule has 0 saturated heterocycles. The Kier molecular flexibility index (Phi) is 6.10. The molecular formula is C22H21F3N4O3S. The molecule has 0 radical (unpaired) electrons. The number of carboxylic acid groups (broad SMARTS) is 1. The minimum absolute atomic E-state index is 0.0189. The number of carboxylic acids is 1. The van der Waals surface area contributed by atoms with E-state index in [1.54, 1.807) is 18.3 Å². The van der Waals surface area contributed by atoms with Crippen LogP contribution >= 0.6 is 11.3 Å². The number of benzene rings is 1. The second-order valence-corrected chi connectivity index (χ2v) is 9.27. The Labute approximate surface area is 191 Å². The highest BCUT2D eigenvalue weighted by Crippen LogP contribution is 2.46. The summed E-state index contributed by atoms with van der Waals surface area (Å²) in [6.45, 7) is 1.85. The molecule has 1 aliphatic rings. The van der Waals surface area contributed by atoms with Crippen LogP contribution in [-0.2, 0) is 16.6 Å². The van der Waals surface area contributed by atoms with Crippen molar-refractivity contribution in [2.75, 3.05) is 5.32 Å². The predicted octanol–water partition coefficient (Wildman–Crippen LogP) is 5.13. The van der Waals surface area contributed by atoms with Crippen molar-refractivity contribution in [3.8, 4) is 10.4 Å². The highest BCUT2D eigenvalue weighted by Gasteiger charge is 2.41. The zero-order chi connectivity index (χ0) is 23.8. The maximum absolute atomic E-state index is 12.9. The molecule has 0 bridgehead atoms. The van der Waals surface area contributed by atoms with Crippen LogP contribution in [-0.4, -0.2) is 31.1 Å². The molecule has 1 fully saturated rings. The Morgan fingerprint density at radius 2 is 2.09 bits per heavy atom. The molecule has 3 N–H and O–H groups in total. The van der Waals surface area contributed by atoms with Gasteiger partial charge in [-0.2, -0.15) is 13.2 Å². The average Bonchev–Trinajstić information content (AvgIpc) is 3.35. The Morgan fingerprint density at radius 3 is 2.82 bits per heavy atom. The van der Waals surface area contributed by atoms with Crippen LogP contribution in [0.3, 0.4) is 0 Å². The third-order valence-corrected chi connectivity index (χ3v) is 6.76. The summed E-state index contributed by atoms with van der Waals surface area (Å²) in [6, 6.07) is 6.22. The van der Waals surface area contributed by atoms with Crippen molar-refractivity contribution in [3.05, 3.63) is 52.9 Å². The third kappa shape index (κ3) is 5.31. The van der Waals surface area contributed by atoms with Gasteiger partial charge >= 0.3 is 12.1 Å². The number of aliphatic carboxylic acids is 1. The summed E-state index contributed by atoms with van der Waals surface area (Å²) >= 11 is 1.32. The number of alkyl halides is 3. The SMILES string of the molecule is Cc1cc(Nc2nccc(C(F)(F)F)n2)cc(-c2cnc(C3(O)CC[C@@H](CC(=O)O)C3)s2)c1. The fourth-order valence-electron chi connectivity index (χ4n) is 4.07. The van der Waals surface area contributed by atoms with Gasteiger partial charge in [0, 0.05) is 24.5 Å². The first-order valence-corrected chi connectivity index (χ1v) is 11.0. The summed E-state index contributed by atoms with van der Waals surface area (Å²) in [5.41, 5.74) is -0.0407. The van der Waals surface area contributed by atoms with E-state index >= 15 is 0 Å². The van der Waals surface area contributed by atoms with Gasteiger partial charge in [-0.05, 0) is 61.4 Å². The number of nitrogens with zero attached hydrogens (tertiary/aromatic N) is 3. The largest absolute Gasteiger partial charge is 0.481 e. The monoisotopic (exact) mass is 478 g/mol. The topological polar surface area (TPSA) is 108 Å². The molecular weight excluding hydrogens is 457 g/mol. The summed E-state index contributed by atoms with van der Waals surface area (Å²) in [4.78, 5) is 23.6. The second kappa shape index (κ2) is 8.71. The van der Waals surface area contributed by atoms with Gasteiger partial charge in [0.05, 0.1) is 4.88 Å². The van der Waals surface area contributed by atoms with Crippen LogP contribution in [0.1, 0.15) is 41.9 Å². The lowest BCUT2D eigenvalue weighted by molar-refractivity contribution is -0.141. The second-order valence-electron chi connectivity index (χ2n) is 8.24. The van der Waals surface area contributed by atoms with Crippen LogP contribution < -0.4 is 5.32 Å². The average molecular weight is 478 g/mol. The number of aliphatic hydroxyl groups is 1. The van der Waals surface area contributed by atoms with E-state index in [9.17, 15) is 23.1 Å². The molecule has 4 rings (SSSR count). The highest BCUT2D eigenvalue weighted by molar-refractivity contribution is 7.15. The number of anilines is 2. The number of hydrogen-bond acceptors (Lipinski definition) is 7. The number of aryl methyl sites for hydroxylation is 1. The van der Waals surface area contributed by atoms with E-state index in [0.717, 1.165) is 28.3 Å². The Hall–Kier alpha value is -3.05. The molecule has 1 saturated carbocycles. The third-order valence-electron chi connectivity index (χ3n) is 5.52. The van der Waals surface area contributed by atoms with E-state index in [2.05, 4.69) is 20.3 Å². The number of thiazole rings is 1. The summed E-state index contributed by atoms with van der Waals surface area (Å²) in [6.07, 6.45) is -0.449. The van der Waals surface area contributed by atoms with Crippen molar-refractivity contribution in [3.63, 3.8) is 0 Å². The van der Waals surface area contributed by atoms with Crippen LogP contribution in [0, 0.1) is 12.8 Å². The normalized spacial score (nSPS) is 20.7. The Bertz CT molecular complexity index is 1180. The fraction of sp³-hybridized carbons (Fsp3) is 0.364. The maximum Gasteiger partial charge on any atom is 0.433 e. The van der Waals surface area contributed by atoms with Crippen LogP contribution in [0.5, 0.6) is 0 Å². The van der Waals surface area contributed by atoms with Gasteiger partial charge in [-0.25, -0.2) is 15.0 Å². The van der Waals surface area contributed by atoms with E-state index in [1.165, 1.54) is 11.3 Å². The standard InChI is InChI=1S/C22H21F3N4O3S/c1-12-6-14(9-15(7-12)28-20-26-5-3-17(29-20)22(23,24)25)16-11-27-19(33-16)21(32)4-2-13(10-21)8-18(30)31/h3,5-7,9,11,13,32H,2,4,8,10H2,1H3,(H,30,31)(H,26,28,29)/t13-,21?/m0/s1. The zero-order valence-corrected chi connectivity index (χ0v) is 18.4. The molecule has 1 unspecified atom stereocenters. The molecule has 7 nitrogen and oxygen atoms in total. The lowest BCUT2D eigenvalue weighted by Crippen LogP contribution is -2.21. The van der Waals surface area contributed by atoms with Crippen LogP contribution in [0.15, 0.2) is 36.7 Å². The van der Waals surface area contributed by atoms with Crippen LogP contribution in [0.4, 0.5) is 24.8 Å². The molecule has 1 aliphatic carbocycles. The van der Waals surface area contributed by atoms with Gasteiger partial charge in [-0.15, -0.1) is 11.3 Å². The van der Waals surface area contributed by atoms with Crippen molar-refractivity contribution in [2.24, 2.45) is 5.92 Å². The first-order chi connectivity index (χ1) is 15.5. The van der Waals surface area contributed by atoms with E-state index in [4.69, 9.17) is 5.11 Å². The van der Waals surface area contributed by atoms with Gasteiger partial charge in [0.15, 0.2) is 0 Å². The molecule has 3 aromatic rings. The summed E-state index contributed by atoms with van der Waals surface area (Å²) in [7, 11) is 0. The highest BCUT2D eigenvalue weighted by atomic mass is 32.1. The lowest BCUT2D eigenvalue weighted by Gasteiger charge is -2.19. The molecule has 1 aromatic carbocycles. The van der Waals surface area contributed by atoms with Crippen molar-refractivity contribution in [1.82, 2.24) is 15.0 Å². The minimum Gasteiger partial charge on any atom is -0.481 e. The van der Waals surface area contributed by atoms with E-state index in [0.29, 0.717) is 30.0 Å². The smallest absolute Gasteiger partial charge is 0.433 e. The van der Waals surface area contributed by atoms with E-state index < -0.39 is 23.4 Å². The molecule has 2 atom stereocenters. The first kappa shape index (κ1) is 23.1. The summed E-state index contributed by atoms with van der Waals surface area (Å²) in [5.74, 6) is -1.15. The number of halogens is 3. The predicted molar refractivity (Wildman–Crippen MR) is 116 cm³/mol.